The van der Waals surface area contributed by atoms with Gasteiger partial charge >= 0.3 is 0 Å². The smallest absolute Gasteiger partial charge is 0.152 e. The molecule has 0 saturated carbocycles. The minimum atomic E-state index is -0.0586. The fraction of sp³-hybridized carbons (Fsp3) is 0.222. The van der Waals surface area contributed by atoms with Gasteiger partial charge in [0.25, 0.3) is 0 Å². The lowest BCUT2D eigenvalue weighted by Gasteiger charge is -1.96. The Kier molecular flexibility index (Phi) is 5.37. The average molecular weight is 231 g/mol. The van der Waals surface area contributed by atoms with Crippen molar-refractivity contribution in [2.24, 2.45) is 0 Å². The van der Waals surface area contributed by atoms with Crippen molar-refractivity contribution >= 4 is 21.7 Å². The Labute approximate surface area is 80.4 Å². The Morgan fingerprint density at radius 3 is 2.50 bits per heavy atom. The van der Waals surface area contributed by atoms with Crippen LogP contribution >= 0.6 is 15.9 Å². The second-order valence-electron chi connectivity index (χ2n) is 2.18. The van der Waals surface area contributed by atoms with Crippen LogP contribution in [0, 0.1) is 0 Å². The summed E-state index contributed by atoms with van der Waals surface area (Å²) < 4.78 is 0. The molecule has 0 rings (SSSR count). The Morgan fingerprint density at radius 2 is 2.17 bits per heavy atom. The third-order valence-corrected chi connectivity index (χ3v) is 1.71. The molecule has 0 spiro atoms. The van der Waals surface area contributed by atoms with E-state index in [0.29, 0.717) is 10.9 Å². The third-order valence-electron chi connectivity index (χ3n) is 1.18. The van der Waals surface area contributed by atoms with Gasteiger partial charge in [0.05, 0.1) is 5.33 Å². The molecule has 0 saturated heterocycles. The predicted octanol–water partition coefficient (Wildman–Crippen LogP) is 2.52. The van der Waals surface area contributed by atoms with Gasteiger partial charge in [0.1, 0.15) is 5.76 Å². The molecule has 0 aromatic heterocycles. The van der Waals surface area contributed by atoms with E-state index in [1.807, 2.05) is 0 Å². The summed E-state index contributed by atoms with van der Waals surface area (Å²) in [6.45, 7) is 4.95. The number of rotatable bonds is 4. The summed E-state index contributed by atoms with van der Waals surface area (Å²) in [4.78, 5) is 10.5. The number of alkyl halides is 1. The number of allylic oxidation sites excluding steroid dienone is 5. The van der Waals surface area contributed by atoms with Gasteiger partial charge in [-0.1, -0.05) is 28.6 Å². The molecule has 2 nitrogen and oxygen atoms in total. The lowest BCUT2D eigenvalue weighted by molar-refractivity contribution is -0.112. The minimum Gasteiger partial charge on any atom is -0.511 e. The molecule has 0 fully saturated rings. The molecule has 0 aliphatic carbocycles. The van der Waals surface area contributed by atoms with Gasteiger partial charge in [-0.2, -0.15) is 0 Å². The highest BCUT2D eigenvalue weighted by molar-refractivity contribution is 9.09. The van der Waals surface area contributed by atoms with Gasteiger partial charge in [-0.3, -0.25) is 4.79 Å². The fourth-order valence-electron chi connectivity index (χ4n) is 0.566. The van der Waals surface area contributed by atoms with Crippen LogP contribution in [0.3, 0.4) is 0 Å². The summed E-state index contributed by atoms with van der Waals surface area (Å²) in [5.41, 5.74) is 0.557. The Bertz CT molecular complexity index is 239. The molecule has 0 radical (unpaired) electrons. The second kappa shape index (κ2) is 5.77. The van der Waals surface area contributed by atoms with Gasteiger partial charge in [-0.15, -0.1) is 0 Å². The van der Waals surface area contributed by atoms with E-state index in [2.05, 4.69) is 22.5 Å². The van der Waals surface area contributed by atoms with Gasteiger partial charge < -0.3 is 5.11 Å². The third kappa shape index (κ3) is 4.13. The molecule has 1 N–H and O–H groups in total. The minimum absolute atomic E-state index is 0.0586. The maximum absolute atomic E-state index is 10.5. The van der Waals surface area contributed by atoms with E-state index in [0.717, 1.165) is 0 Å². The first-order valence-electron chi connectivity index (χ1n) is 3.41. The topological polar surface area (TPSA) is 37.3 Å². The maximum atomic E-state index is 10.5. The van der Waals surface area contributed by atoms with Gasteiger partial charge in [-0.05, 0) is 19.1 Å². The van der Waals surface area contributed by atoms with Gasteiger partial charge in [0.15, 0.2) is 5.78 Å². The van der Waals surface area contributed by atoms with E-state index < -0.39 is 0 Å². The Morgan fingerprint density at radius 1 is 1.58 bits per heavy atom. The molecule has 0 heterocycles. The van der Waals surface area contributed by atoms with Crippen LogP contribution in [0.2, 0.25) is 0 Å². The van der Waals surface area contributed by atoms with Crippen LogP contribution in [-0.4, -0.2) is 16.2 Å². The van der Waals surface area contributed by atoms with Crippen molar-refractivity contribution in [3.63, 3.8) is 0 Å². The van der Waals surface area contributed by atoms with E-state index in [1.165, 1.54) is 25.2 Å². The van der Waals surface area contributed by atoms with Gasteiger partial charge in [0.2, 0.25) is 0 Å². The highest BCUT2D eigenvalue weighted by atomic mass is 79.9. The molecule has 0 atom stereocenters. The molecular formula is C9H11BrO2. The molecule has 0 aliphatic rings. The standard InChI is InChI=1S/C9H11BrO2/c1-3-8(9(12)6-10)5-4-7(2)11/h3-5,12H,1,6H2,2H3. The number of carbonyl (C=O) groups is 1. The summed E-state index contributed by atoms with van der Waals surface area (Å²) in [7, 11) is 0. The number of aliphatic hydroxyl groups is 1. The number of aliphatic hydroxyl groups excluding tert-OH is 1. The summed E-state index contributed by atoms with van der Waals surface area (Å²) in [5.74, 6) is 0.110. The fourth-order valence-corrected chi connectivity index (χ4v) is 0.890. The lowest BCUT2D eigenvalue weighted by atomic mass is 10.2. The van der Waals surface area contributed by atoms with E-state index >= 15 is 0 Å². The zero-order chi connectivity index (χ0) is 9.56. The number of hydrogen-bond donors (Lipinski definition) is 1. The number of halogens is 1. The zero-order valence-electron chi connectivity index (χ0n) is 6.88. The van der Waals surface area contributed by atoms with Crippen molar-refractivity contribution < 1.29 is 9.90 Å². The van der Waals surface area contributed by atoms with Crippen molar-refractivity contribution in [3.05, 3.63) is 36.1 Å². The van der Waals surface area contributed by atoms with Gasteiger partial charge in [-0.25, -0.2) is 0 Å². The van der Waals surface area contributed by atoms with E-state index in [4.69, 9.17) is 0 Å². The molecule has 0 bridgehead atoms. The molecule has 0 aromatic rings. The average Bonchev–Trinajstić information content (AvgIpc) is 2.04. The number of hydrogen-bond acceptors (Lipinski definition) is 2. The molecule has 0 aromatic carbocycles. The Balaban J connectivity index is 4.58. The van der Waals surface area contributed by atoms with Crippen molar-refractivity contribution in [3.8, 4) is 0 Å². The van der Waals surface area contributed by atoms with E-state index in [9.17, 15) is 9.90 Å². The molecule has 0 aliphatic heterocycles. The largest absolute Gasteiger partial charge is 0.511 e. The zero-order valence-corrected chi connectivity index (χ0v) is 8.47. The van der Waals surface area contributed by atoms with Crippen LogP contribution in [0.4, 0.5) is 0 Å². The number of ketones is 1. The van der Waals surface area contributed by atoms with Crippen LogP contribution in [0.15, 0.2) is 36.1 Å². The molecule has 66 valence electrons. The summed E-state index contributed by atoms with van der Waals surface area (Å²) in [6, 6.07) is 0. The Hall–Kier alpha value is -0.830. The van der Waals surface area contributed by atoms with Crippen LogP contribution in [0.25, 0.3) is 0 Å². The van der Waals surface area contributed by atoms with Crippen molar-refractivity contribution in [2.75, 3.05) is 5.33 Å². The molecule has 12 heavy (non-hydrogen) atoms. The van der Waals surface area contributed by atoms with Crippen molar-refractivity contribution in [1.29, 1.82) is 0 Å². The maximum Gasteiger partial charge on any atom is 0.152 e. The lowest BCUT2D eigenvalue weighted by Crippen LogP contribution is -1.88. The van der Waals surface area contributed by atoms with Crippen molar-refractivity contribution in [1.82, 2.24) is 0 Å². The highest BCUT2D eigenvalue weighted by Gasteiger charge is 1.95. The normalized spacial score (nSPS) is 12.8. The first kappa shape index (κ1) is 11.2. The quantitative estimate of drug-likeness (QED) is 0.349. The molecular weight excluding hydrogens is 220 g/mol. The summed E-state index contributed by atoms with van der Waals surface area (Å²) >= 11 is 3.09. The van der Waals surface area contributed by atoms with E-state index in [-0.39, 0.29) is 11.5 Å². The number of carbonyl (C=O) groups excluding carboxylic acids is 1. The van der Waals surface area contributed by atoms with Crippen LogP contribution in [0.1, 0.15) is 6.92 Å². The van der Waals surface area contributed by atoms with Crippen LogP contribution in [0.5, 0.6) is 0 Å². The van der Waals surface area contributed by atoms with Gasteiger partial charge in [0, 0.05) is 5.57 Å². The monoisotopic (exact) mass is 230 g/mol. The molecule has 0 unspecified atom stereocenters. The summed E-state index contributed by atoms with van der Waals surface area (Å²) in [5, 5.41) is 9.59. The van der Waals surface area contributed by atoms with Crippen LogP contribution in [-0.2, 0) is 4.79 Å². The first-order chi connectivity index (χ1) is 5.61. The SMILES string of the molecule is C=CC(C=CC(C)=O)=C(O)CBr. The first-order valence-corrected chi connectivity index (χ1v) is 4.53. The van der Waals surface area contributed by atoms with Crippen molar-refractivity contribution in [2.45, 2.75) is 6.92 Å². The summed E-state index contributed by atoms with van der Waals surface area (Å²) in [6.07, 6.45) is 4.41. The van der Waals surface area contributed by atoms with E-state index in [1.54, 1.807) is 0 Å². The molecule has 0 amide bonds. The predicted molar refractivity (Wildman–Crippen MR) is 53.5 cm³/mol. The second-order valence-corrected chi connectivity index (χ2v) is 2.74. The van der Waals surface area contributed by atoms with Crippen LogP contribution < -0.4 is 0 Å². The highest BCUT2D eigenvalue weighted by Crippen LogP contribution is 2.07. The molecule has 3 heteroatoms.